The molecule has 5 heteroatoms. The number of nitrogens with zero attached hydrogens (tertiary/aromatic N) is 2. The molecule has 0 bridgehead atoms. The molecule has 0 saturated carbocycles. The summed E-state index contributed by atoms with van der Waals surface area (Å²) in [5.74, 6) is -0.121. The number of carbonyl (C=O) groups excluding carboxylic acids is 1. The van der Waals surface area contributed by atoms with Crippen molar-refractivity contribution in [2.24, 2.45) is 0 Å². The second-order valence-corrected chi connectivity index (χ2v) is 6.10. The van der Waals surface area contributed by atoms with Crippen LogP contribution in [0.15, 0.2) is 60.2 Å². The van der Waals surface area contributed by atoms with Gasteiger partial charge in [0.05, 0.1) is 5.01 Å². The van der Waals surface area contributed by atoms with Gasteiger partial charge in [-0.3, -0.25) is 9.78 Å². The zero-order chi connectivity index (χ0) is 15.9. The summed E-state index contributed by atoms with van der Waals surface area (Å²) in [6.45, 7) is 0.579. The summed E-state index contributed by atoms with van der Waals surface area (Å²) in [5.41, 5.74) is 2.80. The number of carbonyl (C=O) groups is 1. The Labute approximate surface area is 139 Å². The van der Waals surface area contributed by atoms with Gasteiger partial charge in [-0.1, -0.05) is 36.4 Å². The smallest absolute Gasteiger partial charge is 0.270 e. The Morgan fingerprint density at radius 2 is 1.91 bits per heavy atom. The minimum absolute atomic E-state index is 0.121. The Balaban J connectivity index is 1.52. The number of nitrogens with one attached hydrogen (secondary N) is 1. The molecule has 0 radical (unpaired) electrons. The lowest BCUT2D eigenvalue weighted by atomic mass is 10.2. The molecule has 0 aliphatic carbocycles. The van der Waals surface area contributed by atoms with Crippen LogP contribution in [0, 0.1) is 0 Å². The van der Waals surface area contributed by atoms with E-state index in [0.717, 1.165) is 23.4 Å². The van der Waals surface area contributed by atoms with Crippen molar-refractivity contribution in [3.63, 3.8) is 0 Å². The van der Waals surface area contributed by atoms with Gasteiger partial charge in [0.1, 0.15) is 5.69 Å². The molecule has 0 fully saturated rings. The fourth-order valence-electron chi connectivity index (χ4n) is 2.22. The number of amides is 1. The SMILES string of the molecule is O=C(NCCc1cccnc1)c1csc(Cc2ccccc2)n1. The van der Waals surface area contributed by atoms with E-state index in [1.165, 1.54) is 16.9 Å². The van der Waals surface area contributed by atoms with Crippen LogP contribution >= 0.6 is 11.3 Å². The molecule has 4 nitrogen and oxygen atoms in total. The number of hydrogen-bond acceptors (Lipinski definition) is 4. The van der Waals surface area contributed by atoms with E-state index in [4.69, 9.17) is 0 Å². The molecule has 2 aromatic heterocycles. The van der Waals surface area contributed by atoms with Gasteiger partial charge < -0.3 is 5.32 Å². The van der Waals surface area contributed by atoms with E-state index < -0.39 is 0 Å². The van der Waals surface area contributed by atoms with Crippen LogP contribution in [0.5, 0.6) is 0 Å². The van der Waals surface area contributed by atoms with Crippen LogP contribution in [-0.4, -0.2) is 22.4 Å². The van der Waals surface area contributed by atoms with Crippen molar-refractivity contribution in [1.82, 2.24) is 15.3 Å². The van der Waals surface area contributed by atoms with Gasteiger partial charge in [0.15, 0.2) is 0 Å². The number of rotatable bonds is 6. The first-order valence-electron chi connectivity index (χ1n) is 7.47. The molecule has 3 aromatic rings. The van der Waals surface area contributed by atoms with Gasteiger partial charge in [0.2, 0.25) is 0 Å². The predicted octanol–water partition coefficient (Wildman–Crippen LogP) is 3.10. The summed E-state index contributed by atoms with van der Waals surface area (Å²) in [6, 6.07) is 14.0. The highest BCUT2D eigenvalue weighted by molar-refractivity contribution is 7.09. The Morgan fingerprint density at radius 3 is 2.70 bits per heavy atom. The molecule has 0 saturated heterocycles. The number of aromatic nitrogens is 2. The van der Waals surface area contributed by atoms with Gasteiger partial charge in [0, 0.05) is 30.7 Å². The Morgan fingerprint density at radius 1 is 1.09 bits per heavy atom. The van der Waals surface area contributed by atoms with Gasteiger partial charge >= 0.3 is 0 Å². The molecule has 0 aliphatic rings. The molecule has 116 valence electrons. The van der Waals surface area contributed by atoms with E-state index in [2.05, 4.69) is 27.4 Å². The Kier molecular flexibility index (Phi) is 5.11. The number of pyridine rings is 1. The standard InChI is InChI=1S/C18H17N3OS/c22-18(20-10-8-15-7-4-9-19-12-15)16-13-23-17(21-16)11-14-5-2-1-3-6-14/h1-7,9,12-13H,8,10-11H2,(H,20,22). The molecule has 1 N–H and O–H groups in total. The van der Waals surface area contributed by atoms with Gasteiger partial charge in [-0.25, -0.2) is 4.98 Å². The second kappa shape index (κ2) is 7.65. The van der Waals surface area contributed by atoms with Crippen molar-refractivity contribution in [3.8, 4) is 0 Å². The molecule has 1 amide bonds. The van der Waals surface area contributed by atoms with E-state index in [1.54, 1.807) is 6.20 Å². The van der Waals surface area contributed by atoms with Gasteiger partial charge in [-0.15, -0.1) is 11.3 Å². The highest BCUT2D eigenvalue weighted by Gasteiger charge is 2.10. The van der Waals surface area contributed by atoms with Crippen LogP contribution in [0.1, 0.15) is 26.6 Å². The first kappa shape index (κ1) is 15.4. The molecule has 2 heterocycles. The molecule has 3 rings (SSSR count). The van der Waals surface area contributed by atoms with Gasteiger partial charge in [0.25, 0.3) is 5.91 Å². The summed E-state index contributed by atoms with van der Waals surface area (Å²) in [4.78, 5) is 20.6. The maximum absolute atomic E-state index is 12.1. The zero-order valence-electron chi connectivity index (χ0n) is 12.6. The van der Waals surface area contributed by atoms with Crippen LogP contribution < -0.4 is 5.32 Å². The largest absolute Gasteiger partial charge is 0.350 e. The van der Waals surface area contributed by atoms with Crippen molar-refractivity contribution in [3.05, 3.63) is 82.1 Å². The van der Waals surface area contributed by atoms with Crippen LogP contribution in [0.25, 0.3) is 0 Å². The maximum atomic E-state index is 12.1. The first-order valence-corrected chi connectivity index (χ1v) is 8.34. The molecule has 1 aromatic carbocycles. The van der Waals surface area contributed by atoms with Crippen molar-refractivity contribution in [2.45, 2.75) is 12.8 Å². The van der Waals surface area contributed by atoms with Crippen LogP contribution in [-0.2, 0) is 12.8 Å². The average molecular weight is 323 g/mol. The van der Waals surface area contributed by atoms with Crippen molar-refractivity contribution in [2.75, 3.05) is 6.54 Å². The van der Waals surface area contributed by atoms with E-state index in [-0.39, 0.29) is 5.91 Å². The minimum Gasteiger partial charge on any atom is -0.350 e. The van der Waals surface area contributed by atoms with Crippen molar-refractivity contribution < 1.29 is 4.79 Å². The maximum Gasteiger partial charge on any atom is 0.270 e. The van der Waals surface area contributed by atoms with Crippen molar-refractivity contribution >= 4 is 17.2 Å². The fraction of sp³-hybridized carbons (Fsp3) is 0.167. The topological polar surface area (TPSA) is 54.9 Å². The summed E-state index contributed by atoms with van der Waals surface area (Å²) < 4.78 is 0. The summed E-state index contributed by atoms with van der Waals surface area (Å²) in [6.07, 6.45) is 5.08. The molecular weight excluding hydrogens is 306 g/mol. The first-order chi connectivity index (χ1) is 11.3. The monoisotopic (exact) mass is 323 g/mol. The number of benzene rings is 1. The molecule has 0 spiro atoms. The zero-order valence-corrected chi connectivity index (χ0v) is 13.4. The van der Waals surface area contributed by atoms with Crippen LogP contribution in [0.4, 0.5) is 0 Å². The summed E-state index contributed by atoms with van der Waals surface area (Å²) in [7, 11) is 0. The molecule has 0 atom stereocenters. The van der Waals surface area contributed by atoms with E-state index in [9.17, 15) is 4.79 Å². The average Bonchev–Trinajstić information content (AvgIpc) is 3.05. The normalized spacial score (nSPS) is 10.4. The Hall–Kier alpha value is -2.53. The fourth-order valence-corrected chi connectivity index (χ4v) is 3.03. The predicted molar refractivity (Wildman–Crippen MR) is 91.6 cm³/mol. The third kappa shape index (κ3) is 4.47. The third-order valence-electron chi connectivity index (χ3n) is 3.40. The van der Waals surface area contributed by atoms with Gasteiger partial charge in [-0.2, -0.15) is 0 Å². The highest BCUT2D eigenvalue weighted by atomic mass is 32.1. The molecule has 23 heavy (non-hydrogen) atoms. The second-order valence-electron chi connectivity index (χ2n) is 5.16. The highest BCUT2D eigenvalue weighted by Crippen LogP contribution is 2.14. The van der Waals surface area contributed by atoms with E-state index >= 15 is 0 Å². The summed E-state index contributed by atoms with van der Waals surface area (Å²) in [5, 5.41) is 5.67. The van der Waals surface area contributed by atoms with Crippen LogP contribution in [0.2, 0.25) is 0 Å². The Bertz CT molecular complexity index is 756. The molecule has 0 unspecified atom stereocenters. The van der Waals surface area contributed by atoms with Crippen molar-refractivity contribution in [1.29, 1.82) is 0 Å². The lowest BCUT2D eigenvalue weighted by molar-refractivity contribution is 0.0949. The van der Waals surface area contributed by atoms with E-state index in [0.29, 0.717) is 12.2 Å². The van der Waals surface area contributed by atoms with Crippen LogP contribution in [0.3, 0.4) is 0 Å². The molecule has 0 aliphatic heterocycles. The number of thiazole rings is 1. The third-order valence-corrected chi connectivity index (χ3v) is 4.25. The lowest BCUT2D eigenvalue weighted by Gasteiger charge is -2.03. The van der Waals surface area contributed by atoms with E-state index in [1.807, 2.05) is 41.9 Å². The molecular formula is C18H17N3OS. The number of hydrogen-bond donors (Lipinski definition) is 1. The van der Waals surface area contributed by atoms with Gasteiger partial charge in [-0.05, 0) is 23.6 Å². The minimum atomic E-state index is -0.121. The quantitative estimate of drug-likeness (QED) is 0.758. The lowest BCUT2D eigenvalue weighted by Crippen LogP contribution is -2.26. The summed E-state index contributed by atoms with van der Waals surface area (Å²) >= 11 is 1.52.